The van der Waals surface area contributed by atoms with Gasteiger partial charge in [-0.2, -0.15) is 0 Å². The molecule has 4 aromatic rings. The van der Waals surface area contributed by atoms with Crippen LogP contribution in [-0.4, -0.2) is 8.07 Å². The van der Waals surface area contributed by atoms with E-state index in [1.54, 1.807) is 26.3 Å². The molecule has 5 rings (SSSR count). The van der Waals surface area contributed by atoms with Crippen LogP contribution in [0.25, 0.3) is 0 Å². The third-order valence-electron chi connectivity index (χ3n) is 11.1. The van der Waals surface area contributed by atoms with Crippen molar-refractivity contribution in [2.24, 2.45) is 0 Å². The van der Waals surface area contributed by atoms with Crippen LogP contribution in [0, 0.1) is 0 Å². The minimum atomic E-state index is -2.89. The second-order valence-corrected chi connectivity index (χ2v) is 21.5. The molecular weight excluding hydrogens is 759 g/mol. The molecule has 0 amide bonds. The van der Waals surface area contributed by atoms with Gasteiger partial charge in [0.15, 0.2) is 0 Å². The molecule has 53 heavy (non-hydrogen) atoms. The molecule has 5 heteroatoms. The van der Waals surface area contributed by atoms with E-state index >= 15 is 0 Å². The molecule has 0 unspecified atom stereocenters. The Morgan fingerprint density at radius 2 is 0.774 bits per heavy atom. The number of benzene rings is 4. The standard InChI is InChI=1S/C48H61Si.3ClH.Ti/c1-31(2)39-22-40(32(3)4)26-45(25-39)49(46-27-41(33(5)6)23-42(28-46)34(7)8,47-29-43(35(9)10)24-44(30-47)36(11)12)48-20-16-19-38(48)21-37-17-14-13-15-18-37;;;;/h13-18,22-36H,20-21H2,1-12H3;3*1H;/q;;;;+3/p-3. The minimum absolute atomic E-state index is 0. The van der Waals surface area contributed by atoms with Crippen molar-refractivity contribution in [3.63, 3.8) is 0 Å². The fraction of sp³-hybridized carbons (Fsp3) is 0.417. The Bertz CT molecular complexity index is 1650. The van der Waals surface area contributed by atoms with Gasteiger partial charge in [-0.25, -0.2) is 0 Å². The molecule has 0 aliphatic heterocycles. The van der Waals surface area contributed by atoms with Gasteiger partial charge in [-0.3, -0.25) is 0 Å². The summed E-state index contributed by atoms with van der Waals surface area (Å²) in [6, 6.07) is 34.6. The zero-order valence-electron chi connectivity index (χ0n) is 34.2. The van der Waals surface area contributed by atoms with Crippen molar-refractivity contribution in [2.45, 2.75) is 131 Å². The summed E-state index contributed by atoms with van der Waals surface area (Å²) in [5, 5.41) is 6.35. The van der Waals surface area contributed by atoms with Crippen LogP contribution < -0.4 is 52.8 Å². The zero-order chi connectivity index (χ0) is 36.5. The largest absolute Gasteiger partial charge is 1.00 e. The Labute approximate surface area is 354 Å². The van der Waals surface area contributed by atoms with Gasteiger partial charge >= 0.3 is 320 Å². The van der Waals surface area contributed by atoms with Crippen molar-refractivity contribution in [1.29, 1.82) is 0 Å². The molecule has 282 valence electrons. The monoisotopic (exact) mass is 818 g/mol. The SMILES string of the molecule is CC(C)c1cc(C(C)C)cc([Si](C2=C(Cc3ccccc3)[C]([Ti+3])=CC2)(c2cc(C(C)C)cc(C(C)C)c2)c2cc(C(C)C)cc(C(C)C)c2)c1.[Cl-].[Cl-].[Cl-]. The van der Waals surface area contributed by atoms with Crippen molar-refractivity contribution < 1.29 is 57.7 Å². The van der Waals surface area contributed by atoms with Gasteiger partial charge in [0.25, 0.3) is 0 Å². The van der Waals surface area contributed by atoms with E-state index in [9.17, 15) is 0 Å². The predicted octanol–water partition coefficient (Wildman–Crippen LogP) is 2.82. The van der Waals surface area contributed by atoms with Gasteiger partial charge in [0.2, 0.25) is 0 Å². The molecule has 0 saturated heterocycles. The van der Waals surface area contributed by atoms with E-state index in [0.717, 1.165) is 12.8 Å². The molecule has 0 radical (unpaired) electrons. The smallest absolute Gasteiger partial charge is 1.00 e. The van der Waals surface area contributed by atoms with Crippen LogP contribution in [0.4, 0.5) is 0 Å². The molecule has 1 aliphatic carbocycles. The average Bonchev–Trinajstić information content (AvgIpc) is 3.44. The number of allylic oxidation sites excluding steroid dienone is 4. The first-order valence-corrected chi connectivity index (χ1v) is 22.1. The summed E-state index contributed by atoms with van der Waals surface area (Å²) in [4.78, 5) is 0. The maximum Gasteiger partial charge on any atom is -1.00 e. The molecule has 0 heterocycles. The van der Waals surface area contributed by atoms with Crippen molar-refractivity contribution in [2.75, 3.05) is 0 Å². The molecular formula is C48H61Cl3SiTi. The minimum Gasteiger partial charge on any atom is -1.00 e. The topological polar surface area (TPSA) is 0 Å². The van der Waals surface area contributed by atoms with Crippen molar-refractivity contribution >= 4 is 23.6 Å². The van der Waals surface area contributed by atoms with Crippen LogP contribution in [0.15, 0.2) is 106 Å². The van der Waals surface area contributed by atoms with Gasteiger partial charge < -0.3 is 37.2 Å². The third kappa shape index (κ3) is 10.1. The van der Waals surface area contributed by atoms with E-state index in [1.165, 1.54) is 42.8 Å². The number of halogens is 3. The maximum atomic E-state index is 2.65. The quantitative estimate of drug-likeness (QED) is 0.153. The van der Waals surface area contributed by atoms with Crippen molar-refractivity contribution in [3.05, 3.63) is 145 Å². The molecule has 0 nitrogen and oxygen atoms in total. The molecule has 0 bridgehead atoms. The normalized spacial score (nSPS) is 13.2. The van der Waals surface area contributed by atoms with Crippen LogP contribution in [0.1, 0.15) is 164 Å². The van der Waals surface area contributed by atoms with Crippen molar-refractivity contribution in [1.82, 2.24) is 0 Å². The van der Waals surface area contributed by atoms with Crippen LogP contribution in [-0.2, 0) is 26.9 Å². The molecule has 0 atom stereocenters. The fourth-order valence-electron chi connectivity index (χ4n) is 7.70. The van der Waals surface area contributed by atoms with Crippen LogP contribution in [0.5, 0.6) is 0 Å². The van der Waals surface area contributed by atoms with Crippen LogP contribution in [0.3, 0.4) is 0 Å². The van der Waals surface area contributed by atoms with E-state index < -0.39 is 8.07 Å². The summed E-state index contributed by atoms with van der Waals surface area (Å²) in [6.45, 7) is 28.5. The van der Waals surface area contributed by atoms with Gasteiger partial charge in [0.05, 0.1) is 0 Å². The maximum absolute atomic E-state index is 2.89. The fourth-order valence-corrected chi connectivity index (χ4v) is 13.9. The van der Waals surface area contributed by atoms with E-state index in [2.05, 4.69) is 195 Å². The van der Waals surface area contributed by atoms with Crippen LogP contribution >= 0.6 is 0 Å². The van der Waals surface area contributed by atoms with Gasteiger partial charge in [-0.15, -0.1) is 0 Å². The molecule has 0 spiro atoms. The number of hydrogen-bond donors (Lipinski definition) is 0. The summed E-state index contributed by atoms with van der Waals surface area (Å²) in [5.74, 6) is 2.68. The summed E-state index contributed by atoms with van der Waals surface area (Å²) in [6.07, 6.45) is 4.53. The van der Waals surface area contributed by atoms with Gasteiger partial charge in [-0.05, 0) is 0 Å². The first-order valence-electron chi connectivity index (χ1n) is 19.3. The van der Waals surface area contributed by atoms with E-state index in [1.807, 2.05) is 0 Å². The van der Waals surface area contributed by atoms with E-state index in [4.69, 9.17) is 0 Å². The van der Waals surface area contributed by atoms with Crippen molar-refractivity contribution in [3.8, 4) is 0 Å². The summed E-state index contributed by atoms with van der Waals surface area (Å²) < 4.78 is 1.46. The van der Waals surface area contributed by atoms with Gasteiger partial charge in [-0.1, -0.05) is 0 Å². The zero-order valence-corrected chi connectivity index (χ0v) is 39.0. The summed E-state index contributed by atoms with van der Waals surface area (Å²) in [7, 11) is -2.89. The van der Waals surface area contributed by atoms with Gasteiger partial charge in [0.1, 0.15) is 0 Å². The third-order valence-corrected chi connectivity index (χ3v) is 16.8. The second-order valence-electron chi connectivity index (χ2n) is 16.8. The Morgan fingerprint density at radius 3 is 1.06 bits per heavy atom. The summed E-state index contributed by atoms with van der Waals surface area (Å²) in [5.41, 5.74) is 11.7. The Kier molecular flexibility index (Phi) is 17.7. The average molecular weight is 820 g/mol. The Balaban J connectivity index is 0.00000324. The van der Waals surface area contributed by atoms with E-state index in [0.29, 0.717) is 35.5 Å². The van der Waals surface area contributed by atoms with Crippen LogP contribution in [0.2, 0.25) is 0 Å². The van der Waals surface area contributed by atoms with E-state index in [-0.39, 0.29) is 37.2 Å². The molecule has 0 fully saturated rings. The molecule has 4 aromatic carbocycles. The first-order chi connectivity index (χ1) is 23.6. The van der Waals surface area contributed by atoms with Gasteiger partial charge in [0, 0.05) is 0 Å². The Morgan fingerprint density at radius 1 is 0.472 bits per heavy atom. The predicted molar refractivity (Wildman–Crippen MR) is 218 cm³/mol. The molecule has 0 aromatic heterocycles. The summed E-state index contributed by atoms with van der Waals surface area (Å²) >= 11 is 2.38. The molecule has 1 aliphatic rings. The number of hydrogen-bond acceptors (Lipinski definition) is 0. The molecule has 0 N–H and O–H groups in total. The first kappa shape index (κ1) is 47.3. The Hall–Kier alpha value is -1.84. The molecule has 0 saturated carbocycles. The second kappa shape index (κ2) is 19.8. The number of rotatable bonds is 12.